The third-order valence-corrected chi connectivity index (χ3v) is 4.60. The molecule has 4 aromatic rings. The highest BCUT2D eigenvalue weighted by atomic mass is 32.2. The zero-order valence-electron chi connectivity index (χ0n) is 12.6. The van der Waals surface area contributed by atoms with Gasteiger partial charge in [0.2, 0.25) is 0 Å². The lowest BCUT2D eigenvalue weighted by atomic mass is 10.3. The SMILES string of the molecule is O=c1cc(CSCc2nc3c(F)cccc3[nH]2)nc2ccccn12. The van der Waals surface area contributed by atoms with Crippen molar-refractivity contribution < 1.29 is 4.39 Å². The molecule has 0 fully saturated rings. The number of nitrogens with zero attached hydrogens (tertiary/aromatic N) is 3. The molecule has 0 unspecified atom stereocenters. The highest BCUT2D eigenvalue weighted by Crippen LogP contribution is 2.19. The molecule has 7 heteroatoms. The smallest absolute Gasteiger partial charge is 0.258 e. The summed E-state index contributed by atoms with van der Waals surface area (Å²) in [6, 6.07) is 11.8. The van der Waals surface area contributed by atoms with Crippen LogP contribution in [0.5, 0.6) is 0 Å². The van der Waals surface area contributed by atoms with Crippen molar-refractivity contribution in [3.8, 4) is 0 Å². The number of para-hydroxylation sites is 1. The second-order valence-electron chi connectivity index (χ2n) is 5.33. The fraction of sp³-hybridized carbons (Fsp3) is 0.118. The summed E-state index contributed by atoms with van der Waals surface area (Å²) in [6.45, 7) is 0. The van der Waals surface area contributed by atoms with Gasteiger partial charge >= 0.3 is 0 Å². The first-order chi connectivity index (χ1) is 11.7. The number of imidazole rings is 1. The third kappa shape index (κ3) is 2.78. The molecule has 0 saturated carbocycles. The van der Waals surface area contributed by atoms with E-state index < -0.39 is 0 Å². The molecule has 1 aromatic carbocycles. The molecule has 3 heterocycles. The number of pyridine rings is 1. The normalized spacial score (nSPS) is 11.4. The summed E-state index contributed by atoms with van der Waals surface area (Å²) in [5, 5.41) is 0. The maximum atomic E-state index is 13.6. The average molecular weight is 340 g/mol. The molecule has 5 nitrogen and oxygen atoms in total. The van der Waals surface area contributed by atoms with E-state index in [2.05, 4.69) is 15.0 Å². The zero-order chi connectivity index (χ0) is 16.5. The number of nitrogens with one attached hydrogen (secondary N) is 1. The van der Waals surface area contributed by atoms with Gasteiger partial charge in [-0.2, -0.15) is 0 Å². The zero-order valence-corrected chi connectivity index (χ0v) is 13.4. The van der Waals surface area contributed by atoms with Gasteiger partial charge in [0.25, 0.3) is 5.56 Å². The van der Waals surface area contributed by atoms with Gasteiger partial charge in [-0.25, -0.2) is 14.4 Å². The van der Waals surface area contributed by atoms with E-state index in [4.69, 9.17) is 0 Å². The Labute approximate surface area is 140 Å². The van der Waals surface area contributed by atoms with Crippen molar-refractivity contribution in [2.75, 3.05) is 0 Å². The molecule has 0 atom stereocenters. The highest BCUT2D eigenvalue weighted by molar-refractivity contribution is 7.97. The van der Waals surface area contributed by atoms with E-state index in [1.54, 1.807) is 42.2 Å². The Balaban J connectivity index is 1.50. The van der Waals surface area contributed by atoms with Crippen molar-refractivity contribution >= 4 is 28.4 Å². The van der Waals surface area contributed by atoms with Crippen LogP contribution in [-0.4, -0.2) is 19.4 Å². The number of H-pyrrole nitrogens is 1. The number of halogens is 1. The largest absolute Gasteiger partial charge is 0.341 e. The van der Waals surface area contributed by atoms with Crippen LogP contribution in [0.1, 0.15) is 11.5 Å². The number of benzene rings is 1. The maximum absolute atomic E-state index is 13.6. The van der Waals surface area contributed by atoms with Crippen LogP contribution < -0.4 is 5.56 Å². The fourth-order valence-corrected chi connectivity index (χ4v) is 3.33. The molecule has 24 heavy (non-hydrogen) atoms. The van der Waals surface area contributed by atoms with Crippen molar-refractivity contribution in [1.82, 2.24) is 19.4 Å². The molecular formula is C17H13FN4OS. The summed E-state index contributed by atoms with van der Waals surface area (Å²) >= 11 is 1.57. The van der Waals surface area contributed by atoms with Gasteiger partial charge in [-0.1, -0.05) is 12.1 Å². The highest BCUT2D eigenvalue weighted by Gasteiger charge is 2.08. The summed E-state index contributed by atoms with van der Waals surface area (Å²) in [6.07, 6.45) is 1.70. The number of rotatable bonds is 4. The minimum absolute atomic E-state index is 0.0954. The predicted octanol–water partition coefficient (Wildman–Crippen LogP) is 3.14. The van der Waals surface area contributed by atoms with E-state index in [0.717, 1.165) is 5.69 Å². The lowest BCUT2D eigenvalue weighted by Crippen LogP contribution is -2.14. The standard InChI is InChI=1S/C17H13FN4OS/c18-12-4-3-5-13-17(12)21-14(20-13)10-24-9-11-8-16(23)22-7-2-1-6-15(22)19-11/h1-8H,9-10H2,(H,20,21). The Bertz CT molecular complexity index is 1090. The molecule has 0 radical (unpaired) electrons. The molecule has 0 spiro atoms. The first-order valence-corrected chi connectivity index (χ1v) is 8.54. The second kappa shape index (κ2) is 6.09. The topological polar surface area (TPSA) is 63.0 Å². The number of hydrogen-bond donors (Lipinski definition) is 1. The van der Waals surface area contributed by atoms with Crippen LogP contribution in [0.25, 0.3) is 16.7 Å². The summed E-state index contributed by atoms with van der Waals surface area (Å²) < 4.78 is 15.2. The average Bonchev–Trinajstić information content (AvgIpc) is 2.99. The van der Waals surface area contributed by atoms with E-state index in [9.17, 15) is 9.18 Å². The molecule has 3 aromatic heterocycles. The Kier molecular flexibility index (Phi) is 3.78. The molecule has 4 rings (SSSR count). The van der Waals surface area contributed by atoms with Gasteiger partial charge in [0, 0.05) is 18.0 Å². The molecule has 1 N–H and O–H groups in total. The Hall–Kier alpha value is -2.67. The third-order valence-electron chi connectivity index (χ3n) is 3.63. The van der Waals surface area contributed by atoms with Crippen molar-refractivity contribution in [3.63, 3.8) is 0 Å². The van der Waals surface area contributed by atoms with E-state index in [1.165, 1.54) is 16.5 Å². The first-order valence-electron chi connectivity index (χ1n) is 7.39. The predicted molar refractivity (Wildman–Crippen MR) is 92.5 cm³/mol. The molecule has 0 aliphatic carbocycles. The second-order valence-corrected chi connectivity index (χ2v) is 6.31. The number of hydrogen-bond acceptors (Lipinski definition) is 4. The van der Waals surface area contributed by atoms with Crippen LogP contribution >= 0.6 is 11.8 Å². The number of thioether (sulfide) groups is 1. The maximum Gasteiger partial charge on any atom is 0.258 e. The summed E-state index contributed by atoms with van der Waals surface area (Å²) in [5.74, 6) is 1.55. The van der Waals surface area contributed by atoms with Gasteiger partial charge in [-0.3, -0.25) is 9.20 Å². The van der Waals surface area contributed by atoms with Gasteiger partial charge < -0.3 is 4.98 Å². The monoisotopic (exact) mass is 340 g/mol. The van der Waals surface area contributed by atoms with E-state index in [0.29, 0.717) is 34.0 Å². The minimum atomic E-state index is -0.329. The molecule has 0 aliphatic heterocycles. The van der Waals surface area contributed by atoms with E-state index >= 15 is 0 Å². The van der Waals surface area contributed by atoms with Crippen molar-refractivity contribution in [2.24, 2.45) is 0 Å². The van der Waals surface area contributed by atoms with Crippen LogP contribution in [0.2, 0.25) is 0 Å². The van der Waals surface area contributed by atoms with Crippen molar-refractivity contribution in [1.29, 1.82) is 0 Å². The van der Waals surface area contributed by atoms with Crippen LogP contribution in [0.4, 0.5) is 4.39 Å². The summed E-state index contributed by atoms with van der Waals surface area (Å²) in [5.41, 5.74) is 2.30. The van der Waals surface area contributed by atoms with Crippen LogP contribution in [0.3, 0.4) is 0 Å². The van der Waals surface area contributed by atoms with Crippen LogP contribution in [0, 0.1) is 5.82 Å². The lowest BCUT2D eigenvalue weighted by Gasteiger charge is -2.03. The van der Waals surface area contributed by atoms with Gasteiger partial charge in [-0.05, 0) is 24.3 Å². The summed E-state index contributed by atoms with van der Waals surface area (Å²) in [7, 11) is 0. The Morgan fingerprint density at radius 1 is 1.12 bits per heavy atom. The molecular weight excluding hydrogens is 327 g/mol. The van der Waals surface area contributed by atoms with E-state index in [1.807, 2.05) is 6.07 Å². The minimum Gasteiger partial charge on any atom is -0.341 e. The number of aromatic amines is 1. The van der Waals surface area contributed by atoms with Gasteiger partial charge in [0.15, 0.2) is 5.82 Å². The first kappa shape index (κ1) is 14.9. The fourth-order valence-electron chi connectivity index (χ4n) is 2.55. The van der Waals surface area contributed by atoms with Crippen molar-refractivity contribution in [3.05, 3.63) is 76.4 Å². The molecule has 120 valence electrons. The van der Waals surface area contributed by atoms with Crippen molar-refractivity contribution in [2.45, 2.75) is 11.5 Å². The van der Waals surface area contributed by atoms with E-state index in [-0.39, 0.29) is 11.4 Å². The molecule has 0 bridgehead atoms. The van der Waals surface area contributed by atoms with Crippen LogP contribution in [0.15, 0.2) is 53.5 Å². The summed E-state index contributed by atoms with van der Waals surface area (Å²) in [4.78, 5) is 23.9. The molecule has 0 amide bonds. The quantitative estimate of drug-likeness (QED) is 0.620. The Morgan fingerprint density at radius 2 is 2.04 bits per heavy atom. The van der Waals surface area contributed by atoms with Gasteiger partial charge in [0.1, 0.15) is 17.0 Å². The van der Waals surface area contributed by atoms with Gasteiger partial charge in [0.05, 0.1) is 17.0 Å². The van der Waals surface area contributed by atoms with Crippen LogP contribution in [-0.2, 0) is 11.5 Å². The number of fused-ring (bicyclic) bond motifs is 2. The van der Waals surface area contributed by atoms with Gasteiger partial charge in [-0.15, -0.1) is 11.8 Å². The Morgan fingerprint density at radius 3 is 2.92 bits per heavy atom. The molecule has 0 aliphatic rings. The molecule has 0 saturated heterocycles. The lowest BCUT2D eigenvalue weighted by molar-refractivity contribution is 0.637. The number of aromatic nitrogens is 4.